The summed E-state index contributed by atoms with van der Waals surface area (Å²) in [4.78, 5) is 17.0. The summed E-state index contributed by atoms with van der Waals surface area (Å²) in [6.07, 6.45) is 18.2. The summed E-state index contributed by atoms with van der Waals surface area (Å²) in [7, 11) is 0. The second kappa shape index (κ2) is 18.3. The second-order valence-corrected chi connectivity index (χ2v) is 13.8. The van der Waals surface area contributed by atoms with Gasteiger partial charge in [-0.1, -0.05) is 123 Å². The van der Waals surface area contributed by atoms with Gasteiger partial charge in [0.25, 0.3) is 0 Å². The molecule has 0 unspecified atom stereocenters. The maximum Gasteiger partial charge on any atom is 0.224 e. The molecule has 4 nitrogen and oxygen atoms in total. The number of nitrogens with zero attached hydrogens (tertiary/aromatic N) is 2. The van der Waals surface area contributed by atoms with Crippen molar-refractivity contribution in [3.8, 4) is 5.75 Å². The number of hydrogen-bond donors (Lipinski definition) is 0. The zero-order chi connectivity index (χ0) is 30.2. The Morgan fingerprint density at radius 1 is 0.881 bits per heavy atom. The van der Waals surface area contributed by atoms with Crippen LogP contribution in [0, 0.1) is 0 Å². The maximum absolute atomic E-state index is 12.8. The van der Waals surface area contributed by atoms with E-state index in [9.17, 15) is 4.79 Å². The van der Waals surface area contributed by atoms with Gasteiger partial charge in [-0.15, -0.1) is 11.8 Å². The highest BCUT2D eigenvalue weighted by atomic mass is 32.2. The number of anilines is 1. The molecule has 2 aromatic carbocycles. The fourth-order valence-corrected chi connectivity index (χ4v) is 6.28. The monoisotopic (exact) mass is 592 g/mol. The van der Waals surface area contributed by atoms with E-state index in [1.165, 1.54) is 81.8 Å². The van der Waals surface area contributed by atoms with Crippen LogP contribution in [0.5, 0.6) is 5.75 Å². The summed E-state index contributed by atoms with van der Waals surface area (Å²) >= 11 is 1.81. The van der Waals surface area contributed by atoms with Gasteiger partial charge in [-0.2, -0.15) is 0 Å². The molecule has 1 amide bonds. The summed E-state index contributed by atoms with van der Waals surface area (Å²) in [5.74, 6) is 1.98. The highest BCUT2D eigenvalue weighted by Gasteiger charge is 2.21. The summed E-state index contributed by atoms with van der Waals surface area (Å²) < 4.78 is 6.42. The van der Waals surface area contributed by atoms with E-state index in [1.54, 1.807) is 18.7 Å². The molecule has 5 heteroatoms. The van der Waals surface area contributed by atoms with Crippen molar-refractivity contribution in [3.63, 3.8) is 0 Å². The van der Waals surface area contributed by atoms with Crippen molar-refractivity contribution in [2.45, 2.75) is 130 Å². The number of hydrogen-bond acceptors (Lipinski definition) is 4. The third-order valence-electron chi connectivity index (χ3n) is 8.05. The first-order chi connectivity index (χ1) is 20.3. The maximum atomic E-state index is 12.8. The highest BCUT2D eigenvalue weighted by molar-refractivity contribution is 8.02. The van der Waals surface area contributed by atoms with E-state index in [0.717, 1.165) is 42.4 Å². The van der Waals surface area contributed by atoms with Gasteiger partial charge in [0.05, 0.1) is 19.0 Å². The van der Waals surface area contributed by atoms with Crippen LogP contribution in [0.3, 0.4) is 0 Å². The first-order valence-electron chi connectivity index (χ1n) is 16.4. The van der Waals surface area contributed by atoms with Crippen LogP contribution in [0.2, 0.25) is 0 Å². The number of benzene rings is 2. The summed E-state index contributed by atoms with van der Waals surface area (Å²) in [6, 6.07) is 14.9. The lowest BCUT2D eigenvalue weighted by atomic mass is 9.85. The van der Waals surface area contributed by atoms with Crippen molar-refractivity contribution >= 4 is 23.4 Å². The third-order valence-corrected chi connectivity index (χ3v) is 8.84. The number of rotatable bonds is 19. The van der Waals surface area contributed by atoms with Crippen molar-refractivity contribution in [1.29, 1.82) is 0 Å². The molecule has 42 heavy (non-hydrogen) atoms. The molecule has 0 spiro atoms. The van der Waals surface area contributed by atoms with Gasteiger partial charge in [0.2, 0.25) is 5.91 Å². The molecule has 3 rings (SSSR count). The average molecular weight is 593 g/mol. The zero-order valence-corrected chi connectivity index (χ0v) is 27.9. The first-order valence-corrected chi connectivity index (χ1v) is 17.5. The van der Waals surface area contributed by atoms with Crippen LogP contribution in [-0.4, -0.2) is 23.3 Å². The molecule has 2 aromatic rings. The van der Waals surface area contributed by atoms with Gasteiger partial charge in [0.15, 0.2) is 0 Å². The molecule has 0 radical (unpaired) electrons. The number of carbonyl (C=O) groups excluding carboxylic acids is 1. The van der Waals surface area contributed by atoms with Crippen LogP contribution in [0.1, 0.15) is 128 Å². The summed E-state index contributed by atoms with van der Waals surface area (Å²) in [5.41, 5.74) is 4.45. The quantitative estimate of drug-likeness (QED) is 0.152. The lowest BCUT2D eigenvalue weighted by molar-refractivity contribution is -0.116. The molecular weight excluding hydrogens is 536 g/mol. The van der Waals surface area contributed by atoms with E-state index in [4.69, 9.17) is 4.74 Å². The fourth-order valence-electron chi connectivity index (χ4n) is 5.56. The molecular formula is C37H56N2O2S. The standard InChI is InChI=1S/C37H56N2O2S/c1-6-7-8-9-10-11-12-13-14-15-16-17-24-41-36-27-33(21-22-35(36)37(3,4)5)29-39(31(2)40)34-20-18-19-32(26-34)28-38-23-25-42-30-38/h18-23,25-27H,6-17,24,28-30H2,1-5H3. The minimum atomic E-state index is -0.0126. The number of carbonyl (C=O) groups is 1. The predicted octanol–water partition coefficient (Wildman–Crippen LogP) is 10.6. The van der Waals surface area contributed by atoms with E-state index in [1.807, 2.05) is 11.0 Å². The predicted molar refractivity (Wildman–Crippen MR) is 182 cm³/mol. The lowest BCUT2D eigenvalue weighted by Gasteiger charge is -2.26. The SMILES string of the molecule is CCCCCCCCCCCCCCOc1cc(CN(C(C)=O)c2cccc(CN3C=CSC3)c2)ccc1C(C)(C)C. The molecule has 1 heterocycles. The Labute approximate surface area is 261 Å². The summed E-state index contributed by atoms with van der Waals surface area (Å²) in [6.45, 7) is 12.8. The van der Waals surface area contributed by atoms with Crippen molar-refractivity contribution in [3.05, 3.63) is 70.8 Å². The van der Waals surface area contributed by atoms with Gasteiger partial charge in [-0.05, 0) is 52.1 Å². The van der Waals surface area contributed by atoms with Crippen LogP contribution < -0.4 is 9.64 Å². The normalized spacial score (nSPS) is 13.1. The van der Waals surface area contributed by atoms with E-state index in [-0.39, 0.29) is 11.3 Å². The zero-order valence-electron chi connectivity index (χ0n) is 27.1. The molecule has 0 saturated heterocycles. The molecule has 0 N–H and O–H groups in total. The lowest BCUT2D eigenvalue weighted by Crippen LogP contribution is -2.28. The van der Waals surface area contributed by atoms with E-state index in [2.05, 4.69) is 80.6 Å². The fraction of sp³-hybridized carbons (Fsp3) is 0.595. The minimum Gasteiger partial charge on any atom is -0.493 e. The van der Waals surface area contributed by atoms with E-state index in [0.29, 0.717) is 6.54 Å². The molecule has 0 saturated carbocycles. The molecule has 0 atom stereocenters. The van der Waals surface area contributed by atoms with Gasteiger partial charge in [0.1, 0.15) is 5.75 Å². The van der Waals surface area contributed by atoms with E-state index < -0.39 is 0 Å². The molecule has 0 fully saturated rings. The second-order valence-electron chi connectivity index (χ2n) is 12.9. The Hall–Kier alpha value is -2.40. The Bertz CT molecular complexity index is 1110. The van der Waals surface area contributed by atoms with Crippen molar-refractivity contribution < 1.29 is 9.53 Å². The van der Waals surface area contributed by atoms with E-state index >= 15 is 0 Å². The van der Waals surface area contributed by atoms with Crippen molar-refractivity contribution in [2.24, 2.45) is 0 Å². The van der Waals surface area contributed by atoms with Gasteiger partial charge in [-0.25, -0.2) is 0 Å². The Morgan fingerprint density at radius 2 is 1.55 bits per heavy atom. The number of ether oxygens (including phenoxy) is 1. The number of thioether (sulfide) groups is 1. The molecule has 1 aliphatic rings. The van der Waals surface area contributed by atoms with Crippen molar-refractivity contribution in [2.75, 3.05) is 17.4 Å². The van der Waals surface area contributed by atoms with Gasteiger partial charge >= 0.3 is 0 Å². The number of amides is 1. The van der Waals surface area contributed by atoms with Crippen molar-refractivity contribution in [1.82, 2.24) is 4.90 Å². The smallest absolute Gasteiger partial charge is 0.224 e. The Kier molecular flexibility index (Phi) is 14.9. The Morgan fingerprint density at radius 3 is 2.14 bits per heavy atom. The molecule has 0 aliphatic carbocycles. The average Bonchev–Trinajstić information content (AvgIpc) is 3.46. The molecule has 0 aromatic heterocycles. The summed E-state index contributed by atoms with van der Waals surface area (Å²) in [5, 5.41) is 2.13. The molecule has 232 valence electrons. The largest absolute Gasteiger partial charge is 0.493 e. The van der Waals surface area contributed by atoms with Gasteiger partial charge in [-0.3, -0.25) is 4.79 Å². The topological polar surface area (TPSA) is 32.8 Å². The van der Waals surface area contributed by atoms with Gasteiger partial charge < -0.3 is 14.5 Å². The van der Waals surface area contributed by atoms with Crippen LogP contribution in [0.25, 0.3) is 0 Å². The number of unbranched alkanes of at least 4 members (excludes halogenated alkanes) is 11. The Balaban J connectivity index is 1.52. The van der Waals surface area contributed by atoms with Crippen LogP contribution >= 0.6 is 11.8 Å². The van der Waals surface area contributed by atoms with Crippen LogP contribution in [0.4, 0.5) is 5.69 Å². The van der Waals surface area contributed by atoms with Crippen LogP contribution in [0.15, 0.2) is 54.1 Å². The highest BCUT2D eigenvalue weighted by Crippen LogP contribution is 2.33. The van der Waals surface area contributed by atoms with Gasteiger partial charge in [0, 0.05) is 25.4 Å². The first kappa shape index (κ1) is 34.1. The van der Waals surface area contributed by atoms with Crippen LogP contribution in [-0.2, 0) is 23.3 Å². The minimum absolute atomic E-state index is 0.0126. The molecule has 0 bridgehead atoms. The molecule has 1 aliphatic heterocycles. The third kappa shape index (κ3) is 12.1.